The van der Waals surface area contributed by atoms with Crippen molar-refractivity contribution >= 4 is 18.0 Å². The zero-order valence-electron chi connectivity index (χ0n) is 15.1. The lowest BCUT2D eigenvalue weighted by atomic mass is 10.1. The molecule has 3 rings (SSSR count). The van der Waals surface area contributed by atoms with Gasteiger partial charge in [-0.05, 0) is 30.5 Å². The number of amides is 1. The molecule has 9 heteroatoms. The molecule has 1 amide bonds. The van der Waals surface area contributed by atoms with Crippen LogP contribution in [0.2, 0.25) is 0 Å². The number of aromatic amines is 1. The van der Waals surface area contributed by atoms with Crippen molar-refractivity contribution in [3.05, 3.63) is 52.6 Å². The largest absolute Gasteiger partial charge is 0.473 e. The number of imidazole rings is 1. The lowest BCUT2D eigenvalue weighted by Crippen LogP contribution is -2.36. The van der Waals surface area contributed by atoms with Gasteiger partial charge in [-0.3, -0.25) is 0 Å². The molecular weight excluding hydrogens is 354 g/mol. The van der Waals surface area contributed by atoms with E-state index in [9.17, 15) is 4.79 Å². The topological polar surface area (TPSA) is 133 Å². The van der Waals surface area contributed by atoms with E-state index in [0.717, 1.165) is 23.4 Å². The first-order chi connectivity index (χ1) is 12.8. The number of fused-ring (bicyclic) bond motifs is 1. The summed E-state index contributed by atoms with van der Waals surface area (Å²) in [6.45, 7) is 5.63. The van der Waals surface area contributed by atoms with Crippen molar-refractivity contribution in [3.8, 4) is 0 Å². The van der Waals surface area contributed by atoms with Crippen molar-refractivity contribution in [2.45, 2.75) is 33.4 Å². The molecule has 0 saturated carbocycles. The zero-order chi connectivity index (χ0) is 20.0. The summed E-state index contributed by atoms with van der Waals surface area (Å²) in [5, 5.41) is 14.8. The molecule has 9 nitrogen and oxygen atoms in total. The van der Waals surface area contributed by atoms with E-state index in [-0.39, 0.29) is 6.09 Å². The Hall–Kier alpha value is -3.36. The molecule has 1 aromatic heterocycles. The van der Waals surface area contributed by atoms with Gasteiger partial charge in [0.25, 0.3) is 0 Å². The molecule has 3 N–H and O–H groups in total. The normalized spacial score (nSPS) is 12.4. The molecule has 0 unspecified atom stereocenters. The van der Waals surface area contributed by atoms with Gasteiger partial charge in [-0.25, -0.2) is 19.4 Å². The highest BCUT2D eigenvalue weighted by atomic mass is 16.6. The number of carbonyl (C=O) groups is 3. The van der Waals surface area contributed by atoms with Crippen LogP contribution in [0.4, 0.5) is 4.79 Å². The summed E-state index contributed by atoms with van der Waals surface area (Å²) in [6.07, 6.45) is 2.20. The molecule has 0 aliphatic carbocycles. The van der Waals surface area contributed by atoms with Gasteiger partial charge in [-0.15, -0.1) is 0 Å². The molecule has 27 heavy (non-hydrogen) atoms. The number of nitrogens with one attached hydrogen (secondary N) is 1. The molecular formula is C18H21N3O6. The van der Waals surface area contributed by atoms with Gasteiger partial charge < -0.3 is 24.8 Å². The van der Waals surface area contributed by atoms with Crippen LogP contribution >= 0.6 is 0 Å². The van der Waals surface area contributed by atoms with E-state index in [1.807, 2.05) is 6.07 Å². The summed E-state index contributed by atoms with van der Waals surface area (Å²) in [6, 6.07) is 6.11. The van der Waals surface area contributed by atoms with Crippen LogP contribution in [0.25, 0.3) is 0 Å². The molecule has 2 heterocycles. The first kappa shape index (κ1) is 20.0. The number of carbonyl (C=O) groups excluding carboxylic acids is 1. The van der Waals surface area contributed by atoms with Gasteiger partial charge in [-0.2, -0.15) is 0 Å². The minimum atomic E-state index is -1.82. The molecule has 1 aliphatic rings. The van der Waals surface area contributed by atoms with E-state index in [1.165, 1.54) is 11.1 Å². The molecule has 1 aliphatic heterocycles. The molecule has 0 bridgehead atoms. The Balaban J connectivity index is 0.000000380. The smallest absolute Gasteiger partial charge is 0.414 e. The van der Waals surface area contributed by atoms with Crippen LogP contribution in [-0.2, 0) is 33.9 Å². The summed E-state index contributed by atoms with van der Waals surface area (Å²) < 4.78 is 5.40. The van der Waals surface area contributed by atoms with E-state index >= 15 is 0 Å². The third-order valence-electron chi connectivity index (χ3n) is 4.15. The fraction of sp³-hybridized carbons (Fsp3) is 0.333. The quantitative estimate of drug-likeness (QED) is 0.683. The van der Waals surface area contributed by atoms with E-state index in [1.54, 1.807) is 11.2 Å². The minimum Gasteiger partial charge on any atom is -0.473 e. The van der Waals surface area contributed by atoms with Crippen LogP contribution in [0.5, 0.6) is 0 Å². The second-order valence-electron chi connectivity index (χ2n) is 6.08. The van der Waals surface area contributed by atoms with Crippen molar-refractivity contribution in [2.24, 2.45) is 0 Å². The number of ether oxygens (including phenoxy) is 1. The first-order valence-electron chi connectivity index (χ1n) is 8.23. The number of rotatable bonds is 2. The Morgan fingerprint density at radius 1 is 1.19 bits per heavy atom. The summed E-state index contributed by atoms with van der Waals surface area (Å²) in [4.78, 5) is 39.3. The predicted octanol–water partition coefficient (Wildman–Crippen LogP) is 1.88. The van der Waals surface area contributed by atoms with Gasteiger partial charge in [0.2, 0.25) is 0 Å². The maximum Gasteiger partial charge on any atom is 0.414 e. The second-order valence-corrected chi connectivity index (χ2v) is 6.08. The fourth-order valence-electron chi connectivity index (χ4n) is 2.49. The van der Waals surface area contributed by atoms with Crippen LogP contribution in [0, 0.1) is 13.8 Å². The lowest BCUT2D eigenvalue weighted by Gasteiger charge is -2.25. The van der Waals surface area contributed by atoms with Crippen LogP contribution in [0.1, 0.15) is 28.1 Å². The number of hydrogen-bond donors (Lipinski definition) is 3. The Bertz CT molecular complexity index is 833. The van der Waals surface area contributed by atoms with Crippen molar-refractivity contribution < 1.29 is 29.3 Å². The number of H-pyrrole nitrogens is 1. The average Bonchev–Trinajstić information content (AvgIpc) is 3.10. The summed E-state index contributed by atoms with van der Waals surface area (Å²) >= 11 is 0. The van der Waals surface area contributed by atoms with Crippen molar-refractivity contribution in [2.75, 3.05) is 6.54 Å². The molecule has 0 saturated heterocycles. The number of carboxylic acid groups (broad SMARTS) is 2. The molecule has 0 spiro atoms. The number of benzene rings is 1. The highest BCUT2D eigenvalue weighted by molar-refractivity contribution is 6.27. The third-order valence-corrected chi connectivity index (χ3v) is 4.15. The van der Waals surface area contributed by atoms with E-state index in [2.05, 4.69) is 35.9 Å². The maximum absolute atomic E-state index is 12.1. The number of aromatic nitrogens is 2. The van der Waals surface area contributed by atoms with Crippen LogP contribution in [0.15, 0.2) is 24.5 Å². The molecule has 2 aromatic rings. The van der Waals surface area contributed by atoms with Crippen LogP contribution in [0.3, 0.4) is 0 Å². The van der Waals surface area contributed by atoms with Gasteiger partial charge >= 0.3 is 18.0 Å². The second kappa shape index (κ2) is 8.84. The third kappa shape index (κ3) is 5.56. The van der Waals surface area contributed by atoms with E-state index in [0.29, 0.717) is 19.7 Å². The van der Waals surface area contributed by atoms with Gasteiger partial charge in [0.1, 0.15) is 6.61 Å². The predicted molar refractivity (Wildman–Crippen MR) is 94.1 cm³/mol. The SMILES string of the molecule is Cc1ccc(COC(=O)N2CCc3[nH]cnc3C2)cc1C.O=C(O)C(=O)O. The summed E-state index contributed by atoms with van der Waals surface area (Å²) in [5.74, 6) is -3.65. The van der Waals surface area contributed by atoms with Gasteiger partial charge in [0, 0.05) is 18.7 Å². The van der Waals surface area contributed by atoms with Crippen LogP contribution in [-0.4, -0.2) is 49.7 Å². The molecule has 1 aromatic carbocycles. The standard InChI is InChI=1S/C16H19N3O2.C2H2O4/c1-11-3-4-13(7-12(11)2)9-21-16(20)19-6-5-14-15(8-19)18-10-17-14;3-1(4)2(5)6/h3-4,7,10H,5-6,8-9H2,1-2H3,(H,17,18);(H,3,4)(H,5,6). The van der Waals surface area contributed by atoms with E-state index in [4.69, 9.17) is 24.5 Å². The number of hydrogen-bond acceptors (Lipinski definition) is 5. The minimum absolute atomic E-state index is 0.276. The highest BCUT2D eigenvalue weighted by Crippen LogP contribution is 2.16. The van der Waals surface area contributed by atoms with Crippen molar-refractivity contribution in [3.63, 3.8) is 0 Å². The van der Waals surface area contributed by atoms with Gasteiger partial charge in [0.15, 0.2) is 0 Å². The first-order valence-corrected chi connectivity index (χ1v) is 8.23. The zero-order valence-corrected chi connectivity index (χ0v) is 15.1. The summed E-state index contributed by atoms with van der Waals surface area (Å²) in [7, 11) is 0. The fourth-order valence-corrected chi connectivity index (χ4v) is 2.49. The molecule has 0 fully saturated rings. The number of carboxylic acids is 2. The lowest BCUT2D eigenvalue weighted by molar-refractivity contribution is -0.159. The Kier molecular flexibility index (Phi) is 6.53. The average molecular weight is 375 g/mol. The van der Waals surface area contributed by atoms with Gasteiger partial charge in [-0.1, -0.05) is 18.2 Å². The molecule has 144 valence electrons. The number of nitrogens with zero attached hydrogens (tertiary/aromatic N) is 2. The highest BCUT2D eigenvalue weighted by Gasteiger charge is 2.23. The van der Waals surface area contributed by atoms with Gasteiger partial charge in [0.05, 0.1) is 18.6 Å². The number of aryl methyl sites for hydroxylation is 2. The molecule has 0 atom stereocenters. The van der Waals surface area contributed by atoms with Crippen LogP contribution < -0.4 is 0 Å². The Morgan fingerprint density at radius 2 is 1.89 bits per heavy atom. The van der Waals surface area contributed by atoms with Crippen molar-refractivity contribution in [1.29, 1.82) is 0 Å². The molecule has 0 radical (unpaired) electrons. The monoisotopic (exact) mass is 375 g/mol. The summed E-state index contributed by atoms with van der Waals surface area (Å²) in [5.41, 5.74) is 5.52. The van der Waals surface area contributed by atoms with Crippen molar-refractivity contribution in [1.82, 2.24) is 14.9 Å². The number of aliphatic carboxylic acids is 2. The van der Waals surface area contributed by atoms with E-state index < -0.39 is 11.9 Å². The maximum atomic E-state index is 12.1. The Labute approximate surface area is 155 Å². The Morgan fingerprint density at radius 3 is 2.52 bits per heavy atom.